The van der Waals surface area contributed by atoms with Crippen LogP contribution in [-0.2, 0) is 11.3 Å². The summed E-state index contributed by atoms with van der Waals surface area (Å²) in [4.78, 5) is 7.24. The van der Waals surface area contributed by atoms with Gasteiger partial charge in [0.05, 0.1) is 25.0 Å². The first-order chi connectivity index (χ1) is 11.6. The number of ether oxygens (including phenoxy) is 2. The fourth-order valence-corrected chi connectivity index (χ4v) is 3.84. The molecular weight excluding hydrogens is 300 g/mol. The zero-order valence-electron chi connectivity index (χ0n) is 15.7. The smallest absolute Gasteiger partial charge is 0.128 e. The quantitative estimate of drug-likeness (QED) is 0.759. The fourth-order valence-electron chi connectivity index (χ4n) is 3.84. The molecular formula is C20H32N2O2. The topological polar surface area (TPSA) is 34.6 Å². The van der Waals surface area contributed by atoms with Gasteiger partial charge >= 0.3 is 0 Å². The lowest BCUT2D eigenvalue weighted by atomic mass is 10.1. The maximum atomic E-state index is 6.39. The highest BCUT2D eigenvalue weighted by atomic mass is 16.5. The van der Waals surface area contributed by atoms with Crippen molar-refractivity contribution in [2.45, 2.75) is 71.6 Å². The number of aromatic nitrogens is 1. The Hall–Kier alpha value is -1.13. The van der Waals surface area contributed by atoms with Crippen LogP contribution in [0, 0.1) is 19.8 Å². The molecule has 0 aromatic carbocycles. The van der Waals surface area contributed by atoms with Crippen LogP contribution in [0.5, 0.6) is 5.75 Å². The van der Waals surface area contributed by atoms with Gasteiger partial charge in [0.2, 0.25) is 0 Å². The first kappa shape index (κ1) is 17.7. The Morgan fingerprint density at radius 1 is 1.29 bits per heavy atom. The van der Waals surface area contributed by atoms with Crippen LogP contribution in [0.15, 0.2) is 6.20 Å². The van der Waals surface area contributed by atoms with Gasteiger partial charge in [-0.25, -0.2) is 0 Å². The Morgan fingerprint density at radius 2 is 2.08 bits per heavy atom. The van der Waals surface area contributed by atoms with Crippen molar-refractivity contribution in [1.29, 1.82) is 0 Å². The molecule has 4 heteroatoms. The molecule has 1 saturated heterocycles. The molecule has 2 heterocycles. The minimum atomic E-state index is 0.386. The van der Waals surface area contributed by atoms with Gasteiger partial charge in [0, 0.05) is 37.0 Å². The van der Waals surface area contributed by atoms with E-state index in [-0.39, 0.29) is 0 Å². The van der Waals surface area contributed by atoms with E-state index in [4.69, 9.17) is 14.5 Å². The highest BCUT2D eigenvalue weighted by Crippen LogP contribution is 2.37. The lowest BCUT2D eigenvalue weighted by molar-refractivity contribution is -0.0996. The molecule has 1 saturated carbocycles. The summed E-state index contributed by atoms with van der Waals surface area (Å²) in [5.74, 6) is 1.77. The largest absolute Gasteiger partial charge is 0.496 e. The number of methoxy groups -OCH3 is 1. The van der Waals surface area contributed by atoms with E-state index in [1.54, 1.807) is 7.11 Å². The number of pyridine rings is 1. The van der Waals surface area contributed by atoms with E-state index in [2.05, 4.69) is 25.7 Å². The number of unbranched alkanes of at least 4 members (excludes halogenated alkanes) is 1. The second-order valence-electron chi connectivity index (χ2n) is 7.52. The SMILES string of the molecule is CCCC[C@@H]1CN(Cc2ncc(C)c(OC)c2C)C[C@H](C2CC2)O1. The molecule has 4 nitrogen and oxygen atoms in total. The summed E-state index contributed by atoms with van der Waals surface area (Å²) in [5, 5.41) is 0. The van der Waals surface area contributed by atoms with E-state index in [9.17, 15) is 0 Å². The van der Waals surface area contributed by atoms with Crippen LogP contribution in [0.2, 0.25) is 0 Å². The van der Waals surface area contributed by atoms with E-state index in [1.165, 1.54) is 37.7 Å². The zero-order valence-corrected chi connectivity index (χ0v) is 15.7. The minimum Gasteiger partial charge on any atom is -0.496 e. The summed E-state index contributed by atoms with van der Waals surface area (Å²) in [6.45, 7) is 9.41. The molecule has 1 aromatic heterocycles. The number of aryl methyl sites for hydroxylation is 1. The number of nitrogens with zero attached hydrogens (tertiary/aromatic N) is 2. The molecule has 24 heavy (non-hydrogen) atoms. The van der Waals surface area contributed by atoms with Gasteiger partial charge < -0.3 is 9.47 Å². The van der Waals surface area contributed by atoms with Crippen LogP contribution in [0.3, 0.4) is 0 Å². The molecule has 0 bridgehead atoms. The van der Waals surface area contributed by atoms with Crippen LogP contribution in [0.4, 0.5) is 0 Å². The van der Waals surface area contributed by atoms with Gasteiger partial charge in [-0.05, 0) is 39.0 Å². The van der Waals surface area contributed by atoms with Crippen molar-refractivity contribution in [2.24, 2.45) is 5.92 Å². The third-order valence-corrected chi connectivity index (χ3v) is 5.42. The number of hydrogen-bond acceptors (Lipinski definition) is 4. The molecule has 0 unspecified atom stereocenters. The first-order valence-corrected chi connectivity index (χ1v) is 9.49. The lowest BCUT2D eigenvalue weighted by Gasteiger charge is -2.38. The first-order valence-electron chi connectivity index (χ1n) is 9.49. The predicted molar refractivity (Wildman–Crippen MR) is 96.5 cm³/mol. The van der Waals surface area contributed by atoms with Crippen molar-refractivity contribution in [3.05, 3.63) is 23.0 Å². The van der Waals surface area contributed by atoms with E-state index < -0.39 is 0 Å². The van der Waals surface area contributed by atoms with E-state index in [0.29, 0.717) is 12.2 Å². The second kappa shape index (κ2) is 7.83. The highest BCUT2D eigenvalue weighted by Gasteiger charge is 2.38. The molecule has 2 aliphatic rings. The van der Waals surface area contributed by atoms with E-state index >= 15 is 0 Å². The van der Waals surface area contributed by atoms with Crippen molar-refractivity contribution in [2.75, 3.05) is 20.2 Å². The number of rotatable bonds is 7. The fraction of sp³-hybridized carbons (Fsp3) is 0.750. The molecule has 2 fully saturated rings. The number of morpholine rings is 1. The lowest BCUT2D eigenvalue weighted by Crippen LogP contribution is -2.48. The Labute approximate surface area is 146 Å². The molecule has 0 spiro atoms. The Morgan fingerprint density at radius 3 is 2.75 bits per heavy atom. The van der Waals surface area contributed by atoms with Gasteiger partial charge in [0.15, 0.2) is 0 Å². The molecule has 0 amide bonds. The standard InChI is InChI=1S/C20H32N2O2/c1-5-6-7-17-11-22(13-19(24-17)16-8-9-16)12-18-15(3)20(23-4)14(2)10-21-18/h10,16-17,19H,5-9,11-13H2,1-4H3/t17-,19-/m1/s1. The highest BCUT2D eigenvalue weighted by molar-refractivity contribution is 5.41. The molecule has 134 valence electrons. The summed E-state index contributed by atoms with van der Waals surface area (Å²) >= 11 is 0. The van der Waals surface area contributed by atoms with Gasteiger partial charge in [-0.15, -0.1) is 0 Å². The van der Waals surface area contributed by atoms with E-state index in [1.807, 2.05) is 6.20 Å². The van der Waals surface area contributed by atoms with Crippen LogP contribution in [-0.4, -0.2) is 42.3 Å². The van der Waals surface area contributed by atoms with Crippen LogP contribution < -0.4 is 4.74 Å². The predicted octanol–water partition coefficient (Wildman–Crippen LogP) is 3.88. The van der Waals surface area contributed by atoms with Gasteiger partial charge in [0.1, 0.15) is 5.75 Å². The van der Waals surface area contributed by atoms with Gasteiger partial charge in [-0.3, -0.25) is 9.88 Å². The average molecular weight is 332 g/mol. The minimum absolute atomic E-state index is 0.386. The van der Waals surface area contributed by atoms with Crippen molar-refractivity contribution in [3.8, 4) is 5.75 Å². The van der Waals surface area contributed by atoms with Gasteiger partial charge in [0.25, 0.3) is 0 Å². The normalized spacial score (nSPS) is 25.0. The molecule has 0 N–H and O–H groups in total. The maximum absolute atomic E-state index is 6.39. The Balaban J connectivity index is 1.70. The molecule has 3 rings (SSSR count). The third-order valence-electron chi connectivity index (χ3n) is 5.42. The van der Waals surface area contributed by atoms with Crippen molar-refractivity contribution in [3.63, 3.8) is 0 Å². The van der Waals surface area contributed by atoms with Crippen molar-refractivity contribution >= 4 is 0 Å². The van der Waals surface area contributed by atoms with Crippen LogP contribution >= 0.6 is 0 Å². The zero-order chi connectivity index (χ0) is 17.1. The second-order valence-corrected chi connectivity index (χ2v) is 7.52. The van der Waals surface area contributed by atoms with Crippen LogP contribution in [0.25, 0.3) is 0 Å². The summed E-state index contributed by atoms with van der Waals surface area (Å²) in [6, 6.07) is 0. The Kier molecular flexibility index (Phi) is 5.77. The Bertz CT molecular complexity index is 557. The van der Waals surface area contributed by atoms with Crippen molar-refractivity contribution in [1.82, 2.24) is 9.88 Å². The van der Waals surface area contributed by atoms with Gasteiger partial charge in [-0.1, -0.05) is 19.8 Å². The number of hydrogen-bond donors (Lipinski definition) is 0. The molecule has 1 aliphatic carbocycles. The van der Waals surface area contributed by atoms with Gasteiger partial charge in [-0.2, -0.15) is 0 Å². The monoisotopic (exact) mass is 332 g/mol. The molecule has 2 atom stereocenters. The third kappa shape index (κ3) is 4.09. The maximum Gasteiger partial charge on any atom is 0.128 e. The summed E-state index contributed by atoms with van der Waals surface area (Å²) in [7, 11) is 1.75. The van der Waals surface area contributed by atoms with Crippen molar-refractivity contribution < 1.29 is 9.47 Å². The summed E-state index contributed by atoms with van der Waals surface area (Å²) < 4.78 is 12.0. The molecule has 1 aliphatic heterocycles. The molecule has 1 aromatic rings. The van der Waals surface area contributed by atoms with Crippen LogP contribution in [0.1, 0.15) is 55.8 Å². The average Bonchev–Trinajstić information content (AvgIpc) is 3.41. The summed E-state index contributed by atoms with van der Waals surface area (Å²) in [6.07, 6.45) is 9.11. The summed E-state index contributed by atoms with van der Waals surface area (Å²) in [5.41, 5.74) is 3.43. The molecule has 0 radical (unpaired) electrons. The van der Waals surface area contributed by atoms with E-state index in [0.717, 1.165) is 42.6 Å².